The summed E-state index contributed by atoms with van der Waals surface area (Å²) in [5, 5.41) is 3.05. The predicted octanol–water partition coefficient (Wildman–Crippen LogP) is 5.27. The Morgan fingerprint density at radius 2 is 1.84 bits per heavy atom. The summed E-state index contributed by atoms with van der Waals surface area (Å²) in [6.45, 7) is 4.57. The second-order valence-electron chi connectivity index (χ2n) is 7.53. The molecule has 1 amide bonds. The van der Waals surface area contributed by atoms with Gasteiger partial charge in [-0.3, -0.25) is 4.79 Å². The summed E-state index contributed by atoms with van der Waals surface area (Å²) >= 11 is 6.10. The second kappa shape index (κ2) is 8.76. The van der Waals surface area contributed by atoms with E-state index in [1.165, 1.54) is 6.07 Å². The van der Waals surface area contributed by atoms with Crippen molar-refractivity contribution in [2.45, 2.75) is 25.2 Å². The van der Waals surface area contributed by atoms with Crippen LogP contribution in [0.2, 0.25) is 5.02 Å². The number of fused-ring (bicyclic) bond motifs is 1. The molecule has 3 aromatic rings. The van der Waals surface area contributed by atoms with Gasteiger partial charge >= 0.3 is 0 Å². The van der Waals surface area contributed by atoms with Gasteiger partial charge in [0.05, 0.1) is 16.3 Å². The molecule has 4 rings (SSSR count). The molecule has 1 heterocycles. The monoisotopic (exact) mass is 467 g/mol. The van der Waals surface area contributed by atoms with Crippen molar-refractivity contribution in [3.8, 4) is 0 Å². The molecule has 0 bridgehead atoms. The summed E-state index contributed by atoms with van der Waals surface area (Å²) in [6, 6.07) is 19.1. The van der Waals surface area contributed by atoms with Crippen LogP contribution in [0.4, 0.5) is 11.4 Å². The first-order chi connectivity index (χ1) is 15.3. The van der Waals surface area contributed by atoms with E-state index >= 15 is 0 Å². The van der Waals surface area contributed by atoms with E-state index in [0.717, 1.165) is 17.5 Å². The number of amides is 1. The standard InChI is InChI=1S/C24H22ClN3O3S/c1-3-13-28-21-12-11-18(26-24(29)19-9-4-5-10-20(19)25)15-22(21)32(30,31)27-23(28)17-8-6-7-16(2)14-17/h4-12,14-15H,3,13H2,1-2H3,(H,26,29). The average molecular weight is 468 g/mol. The number of amidine groups is 1. The third-order valence-electron chi connectivity index (χ3n) is 5.09. The molecule has 1 aliphatic heterocycles. The summed E-state index contributed by atoms with van der Waals surface area (Å²) < 4.78 is 30.4. The van der Waals surface area contributed by atoms with Crippen molar-refractivity contribution < 1.29 is 13.2 Å². The topological polar surface area (TPSA) is 78.8 Å². The Kier molecular flexibility index (Phi) is 6.04. The molecule has 0 aliphatic carbocycles. The van der Waals surface area contributed by atoms with Crippen LogP contribution in [-0.2, 0) is 10.0 Å². The van der Waals surface area contributed by atoms with Crippen molar-refractivity contribution in [2.75, 3.05) is 16.8 Å². The molecule has 164 valence electrons. The highest BCUT2D eigenvalue weighted by atomic mass is 35.5. The van der Waals surface area contributed by atoms with Gasteiger partial charge in [0.25, 0.3) is 15.9 Å². The van der Waals surface area contributed by atoms with Crippen molar-refractivity contribution >= 4 is 44.7 Å². The van der Waals surface area contributed by atoms with Gasteiger partial charge < -0.3 is 10.2 Å². The number of hydrogen-bond acceptors (Lipinski definition) is 4. The van der Waals surface area contributed by atoms with Gasteiger partial charge in [-0.15, -0.1) is 4.40 Å². The number of hydrogen-bond donors (Lipinski definition) is 1. The Morgan fingerprint density at radius 3 is 2.56 bits per heavy atom. The minimum atomic E-state index is -3.97. The summed E-state index contributed by atoms with van der Waals surface area (Å²) in [5.74, 6) is -0.0194. The van der Waals surface area contributed by atoms with Crippen molar-refractivity contribution in [3.05, 3.63) is 88.4 Å². The number of sulfonamides is 1. The molecule has 0 saturated carbocycles. The van der Waals surface area contributed by atoms with E-state index in [0.29, 0.717) is 34.3 Å². The number of benzene rings is 3. The van der Waals surface area contributed by atoms with Crippen LogP contribution in [-0.4, -0.2) is 26.7 Å². The number of halogens is 1. The first kappa shape index (κ1) is 22.0. The lowest BCUT2D eigenvalue weighted by atomic mass is 10.1. The Labute approximate surface area is 192 Å². The molecule has 0 atom stereocenters. The van der Waals surface area contributed by atoms with Crippen LogP contribution in [0.5, 0.6) is 0 Å². The SMILES string of the molecule is CCCN1C(c2cccc(C)c2)=NS(=O)(=O)c2cc(NC(=O)c3ccccc3Cl)ccc21. The summed E-state index contributed by atoms with van der Waals surface area (Å²) in [4.78, 5) is 14.6. The van der Waals surface area contributed by atoms with Crippen molar-refractivity contribution in [1.82, 2.24) is 0 Å². The summed E-state index contributed by atoms with van der Waals surface area (Å²) in [6.07, 6.45) is 0.801. The number of carbonyl (C=O) groups is 1. The van der Waals surface area contributed by atoms with Crippen LogP contribution >= 0.6 is 11.6 Å². The second-order valence-corrected chi connectivity index (χ2v) is 9.51. The van der Waals surface area contributed by atoms with Gasteiger partial charge in [0.2, 0.25) is 0 Å². The smallest absolute Gasteiger partial charge is 0.286 e. The van der Waals surface area contributed by atoms with Gasteiger partial charge in [-0.2, -0.15) is 8.42 Å². The van der Waals surface area contributed by atoms with E-state index < -0.39 is 15.9 Å². The highest BCUT2D eigenvalue weighted by Gasteiger charge is 2.31. The third kappa shape index (κ3) is 4.26. The van der Waals surface area contributed by atoms with Crippen molar-refractivity contribution in [2.24, 2.45) is 4.40 Å². The number of nitrogens with zero attached hydrogens (tertiary/aromatic N) is 2. The molecule has 1 N–H and O–H groups in total. The van der Waals surface area contributed by atoms with Gasteiger partial charge in [-0.05, 0) is 49.7 Å². The molecule has 0 radical (unpaired) electrons. The van der Waals surface area contributed by atoms with E-state index in [2.05, 4.69) is 9.71 Å². The molecule has 0 spiro atoms. The summed E-state index contributed by atoms with van der Waals surface area (Å²) in [7, 11) is -3.97. The lowest BCUT2D eigenvalue weighted by Crippen LogP contribution is -2.37. The first-order valence-electron chi connectivity index (χ1n) is 10.2. The Balaban J connectivity index is 1.75. The third-order valence-corrected chi connectivity index (χ3v) is 6.72. The summed E-state index contributed by atoms with van der Waals surface area (Å²) in [5.41, 5.74) is 2.95. The molecule has 0 unspecified atom stereocenters. The highest BCUT2D eigenvalue weighted by Crippen LogP contribution is 2.35. The number of rotatable bonds is 5. The quantitative estimate of drug-likeness (QED) is 0.554. The predicted molar refractivity (Wildman–Crippen MR) is 128 cm³/mol. The van der Waals surface area contributed by atoms with Crippen molar-refractivity contribution in [1.29, 1.82) is 0 Å². The van der Waals surface area contributed by atoms with Gasteiger partial charge in [0.15, 0.2) is 5.84 Å². The van der Waals surface area contributed by atoms with Crippen LogP contribution in [0, 0.1) is 6.92 Å². The molecule has 32 heavy (non-hydrogen) atoms. The lowest BCUT2D eigenvalue weighted by molar-refractivity contribution is 0.102. The van der Waals surface area contributed by atoms with Crippen LogP contribution in [0.15, 0.2) is 76.0 Å². The molecular formula is C24H22ClN3O3S. The molecular weight excluding hydrogens is 446 g/mol. The van der Waals surface area contributed by atoms with E-state index in [4.69, 9.17) is 11.6 Å². The van der Waals surface area contributed by atoms with Gasteiger partial charge in [-0.25, -0.2) is 0 Å². The number of anilines is 2. The fourth-order valence-electron chi connectivity index (χ4n) is 3.63. The molecule has 0 fully saturated rings. The highest BCUT2D eigenvalue weighted by molar-refractivity contribution is 7.90. The van der Waals surface area contributed by atoms with Crippen LogP contribution in [0.3, 0.4) is 0 Å². The van der Waals surface area contributed by atoms with Crippen LogP contribution in [0.25, 0.3) is 0 Å². The maximum absolute atomic E-state index is 13.1. The fraction of sp³-hybridized carbons (Fsp3) is 0.167. The molecule has 0 aromatic heterocycles. The maximum Gasteiger partial charge on any atom is 0.286 e. The van der Waals surface area contributed by atoms with E-state index in [9.17, 15) is 13.2 Å². The Morgan fingerprint density at radius 1 is 1.06 bits per heavy atom. The zero-order chi connectivity index (χ0) is 22.9. The van der Waals surface area contributed by atoms with E-state index in [1.54, 1.807) is 36.4 Å². The van der Waals surface area contributed by atoms with Gasteiger partial charge in [0, 0.05) is 17.8 Å². The molecule has 1 aliphatic rings. The molecule has 6 nitrogen and oxygen atoms in total. The Hall–Kier alpha value is -3.16. The first-order valence-corrected chi connectivity index (χ1v) is 12.0. The zero-order valence-corrected chi connectivity index (χ0v) is 19.2. The maximum atomic E-state index is 13.1. The minimum absolute atomic E-state index is 0.0549. The van der Waals surface area contributed by atoms with Crippen LogP contribution in [0.1, 0.15) is 34.8 Å². The van der Waals surface area contributed by atoms with Crippen LogP contribution < -0.4 is 10.2 Å². The largest absolute Gasteiger partial charge is 0.324 e. The van der Waals surface area contributed by atoms with Crippen molar-refractivity contribution in [3.63, 3.8) is 0 Å². The normalized spacial score (nSPS) is 14.5. The zero-order valence-electron chi connectivity index (χ0n) is 17.7. The molecule has 0 saturated heterocycles. The average Bonchev–Trinajstić information content (AvgIpc) is 2.76. The number of nitrogens with one attached hydrogen (secondary N) is 1. The fourth-order valence-corrected chi connectivity index (χ4v) is 5.10. The molecule has 3 aromatic carbocycles. The minimum Gasteiger partial charge on any atom is -0.324 e. The number of aryl methyl sites for hydroxylation is 1. The number of carbonyl (C=O) groups excluding carboxylic acids is 1. The van der Waals surface area contributed by atoms with Gasteiger partial charge in [0.1, 0.15) is 4.90 Å². The lowest BCUT2D eigenvalue weighted by Gasteiger charge is -2.31. The molecule has 8 heteroatoms. The van der Waals surface area contributed by atoms with E-state index in [1.807, 2.05) is 43.0 Å². The Bertz CT molecular complexity index is 1340. The van der Waals surface area contributed by atoms with Gasteiger partial charge in [-0.1, -0.05) is 54.4 Å². The van der Waals surface area contributed by atoms with E-state index in [-0.39, 0.29) is 4.90 Å².